The molecule has 1 heterocycles. The van der Waals surface area contributed by atoms with E-state index in [0.29, 0.717) is 17.8 Å². The molecule has 0 aliphatic carbocycles. The number of nitrogens with zero attached hydrogens (tertiary/aromatic N) is 1. The van der Waals surface area contributed by atoms with Gasteiger partial charge in [0.1, 0.15) is 0 Å². The summed E-state index contributed by atoms with van der Waals surface area (Å²) in [7, 11) is -3.52. The monoisotopic (exact) mass is 484 g/mol. The molecule has 2 aromatic carbocycles. The molecule has 3 rings (SSSR count). The van der Waals surface area contributed by atoms with Crippen LogP contribution in [-0.2, 0) is 10.0 Å². The van der Waals surface area contributed by atoms with Gasteiger partial charge in [-0.05, 0) is 90.9 Å². The fourth-order valence-corrected chi connectivity index (χ4v) is 5.14. The standard InChI is InChI=1S/C19H21IN2O3S/c1-14-4-2-3-13-22(14)26(24,25)18-11-5-15(6-12-18)19(23)21-17-9-7-16(20)8-10-17/h5-12,14H,2-4,13H2,1H3,(H,21,23)/t14-/m0/s1. The average Bonchev–Trinajstić information content (AvgIpc) is 2.64. The minimum Gasteiger partial charge on any atom is -0.322 e. The first-order valence-electron chi connectivity index (χ1n) is 8.57. The summed E-state index contributed by atoms with van der Waals surface area (Å²) >= 11 is 2.20. The first kappa shape index (κ1) is 19.3. The third-order valence-corrected chi connectivity index (χ3v) is 7.31. The van der Waals surface area contributed by atoms with Gasteiger partial charge in [-0.15, -0.1) is 0 Å². The predicted molar refractivity (Wildman–Crippen MR) is 111 cm³/mol. The predicted octanol–water partition coefficient (Wildman–Crippen LogP) is 4.11. The maximum Gasteiger partial charge on any atom is 0.255 e. The van der Waals surface area contributed by atoms with Crippen molar-refractivity contribution in [1.82, 2.24) is 4.31 Å². The molecular weight excluding hydrogens is 463 g/mol. The molecule has 0 aromatic heterocycles. The van der Waals surface area contributed by atoms with Crippen LogP contribution in [0.15, 0.2) is 53.4 Å². The minimum absolute atomic E-state index is 0.0117. The van der Waals surface area contributed by atoms with E-state index in [1.807, 2.05) is 31.2 Å². The molecule has 26 heavy (non-hydrogen) atoms. The number of sulfonamides is 1. The van der Waals surface area contributed by atoms with Gasteiger partial charge in [-0.3, -0.25) is 4.79 Å². The van der Waals surface area contributed by atoms with Crippen molar-refractivity contribution in [2.24, 2.45) is 0 Å². The number of hydrogen-bond donors (Lipinski definition) is 1. The van der Waals surface area contributed by atoms with E-state index in [9.17, 15) is 13.2 Å². The van der Waals surface area contributed by atoms with Gasteiger partial charge in [0.15, 0.2) is 0 Å². The Balaban J connectivity index is 1.75. The van der Waals surface area contributed by atoms with Crippen molar-refractivity contribution < 1.29 is 13.2 Å². The van der Waals surface area contributed by atoms with Crippen LogP contribution in [0.4, 0.5) is 5.69 Å². The molecule has 1 amide bonds. The molecule has 138 valence electrons. The molecule has 5 nitrogen and oxygen atoms in total. The molecule has 1 N–H and O–H groups in total. The van der Waals surface area contributed by atoms with Crippen molar-refractivity contribution in [1.29, 1.82) is 0 Å². The van der Waals surface area contributed by atoms with Crippen LogP contribution in [0.25, 0.3) is 0 Å². The number of halogens is 1. The SMILES string of the molecule is C[C@H]1CCCCN1S(=O)(=O)c1ccc(C(=O)Nc2ccc(I)cc2)cc1. The van der Waals surface area contributed by atoms with Gasteiger partial charge < -0.3 is 5.32 Å². The number of amides is 1. The van der Waals surface area contributed by atoms with E-state index in [-0.39, 0.29) is 16.8 Å². The van der Waals surface area contributed by atoms with E-state index in [1.54, 1.807) is 16.4 Å². The summed E-state index contributed by atoms with van der Waals surface area (Å²) in [4.78, 5) is 12.6. The van der Waals surface area contributed by atoms with Crippen molar-refractivity contribution in [2.45, 2.75) is 37.1 Å². The number of nitrogens with one attached hydrogen (secondary N) is 1. The van der Waals surface area contributed by atoms with E-state index in [1.165, 1.54) is 12.1 Å². The van der Waals surface area contributed by atoms with Crippen molar-refractivity contribution in [2.75, 3.05) is 11.9 Å². The van der Waals surface area contributed by atoms with Crippen LogP contribution in [0.2, 0.25) is 0 Å². The molecule has 1 saturated heterocycles. The van der Waals surface area contributed by atoms with E-state index < -0.39 is 10.0 Å². The lowest BCUT2D eigenvalue weighted by atomic mass is 10.1. The van der Waals surface area contributed by atoms with Crippen LogP contribution in [0.1, 0.15) is 36.5 Å². The fraction of sp³-hybridized carbons (Fsp3) is 0.316. The Hall–Kier alpha value is -1.45. The summed E-state index contributed by atoms with van der Waals surface area (Å²) in [6.07, 6.45) is 2.83. The second-order valence-corrected chi connectivity index (χ2v) is 9.58. The summed E-state index contributed by atoms with van der Waals surface area (Å²) in [5.74, 6) is -0.263. The Morgan fingerprint density at radius 1 is 1.08 bits per heavy atom. The first-order valence-corrected chi connectivity index (χ1v) is 11.1. The van der Waals surface area contributed by atoms with Crippen LogP contribution in [-0.4, -0.2) is 31.2 Å². The quantitative estimate of drug-likeness (QED) is 0.665. The highest BCUT2D eigenvalue weighted by atomic mass is 127. The lowest BCUT2D eigenvalue weighted by Crippen LogP contribution is -2.41. The maximum absolute atomic E-state index is 12.8. The third kappa shape index (κ3) is 4.27. The third-order valence-electron chi connectivity index (χ3n) is 4.57. The zero-order chi connectivity index (χ0) is 18.7. The highest BCUT2D eigenvalue weighted by Gasteiger charge is 2.30. The molecule has 0 spiro atoms. The molecule has 0 unspecified atom stereocenters. The molecular formula is C19H21IN2O3S. The average molecular weight is 484 g/mol. The number of benzene rings is 2. The second kappa shape index (κ2) is 8.06. The highest BCUT2D eigenvalue weighted by molar-refractivity contribution is 14.1. The first-order chi connectivity index (χ1) is 12.4. The molecule has 1 atom stereocenters. The Morgan fingerprint density at radius 2 is 1.73 bits per heavy atom. The molecule has 2 aromatic rings. The van der Waals surface area contributed by atoms with E-state index >= 15 is 0 Å². The Kier molecular flexibility index (Phi) is 5.99. The summed E-state index contributed by atoms with van der Waals surface area (Å²) in [6, 6.07) is 13.6. The number of carbonyl (C=O) groups is 1. The van der Waals surface area contributed by atoms with Gasteiger partial charge in [-0.2, -0.15) is 4.31 Å². The molecule has 1 aliphatic heterocycles. The summed E-state index contributed by atoms with van der Waals surface area (Å²) in [6.45, 7) is 2.50. The van der Waals surface area contributed by atoms with Gasteiger partial charge in [-0.25, -0.2) is 8.42 Å². The number of piperidine rings is 1. The van der Waals surface area contributed by atoms with E-state index in [0.717, 1.165) is 22.8 Å². The van der Waals surface area contributed by atoms with Crippen LogP contribution in [0.5, 0.6) is 0 Å². The van der Waals surface area contributed by atoms with Gasteiger partial charge in [0.05, 0.1) is 4.90 Å². The zero-order valence-electron chi connectivity index (χ0n) is 14.5. The summed E-state index contributed by atoms with van der Waals surface area (Å²) in [5.41, 5.74) is 1.13. The lowest BCUT2D eigenvalue weighted by molar-refractivity contribution is 0.102. The van der Waals surface area contributed by atoms with Gasteiger partial charge in [-0.1, -0.05) is 6.42 Å². The highest BCUT2D eigenvalue weighted by Crippen LogP contribution is 2.25. The van der Waals surface area contributed by atoms with Gasteiger partial charge in [0, 0.05) is 27.4 Å². The topological polar surface area (TPSA) is 66.5 Å². The largest absolute Gasteiger partial charge is 0.322 e. The normalized spacial score (nSPS) is 18.5. The smallest absolute Gasteiger partial charge is 0.255 e. The van der Waals surface area contributed by atoms with Crippen molar-refractivity contribution >= 4 is 44.2 Å². The Bertz CT molecular complexity index is 880. The van der Waals surface area contributed by atoms with Gasteiger partial charge in [0.25, 0.3) is 5.91 Å². The van der Waals surface area contributed by atoms with Crippen LogP contribution in [0.3, 0.4) is 0 Å². The fourth-order valence-electron chi connectivity index (χ4n) is 3.08. The molecule has 1 fully saturated rings. The van der Waals surface area contributed by atoms with E-state index in [2.05, 4.69) is 27.9 Å². The Morgan fingerprint density at radius 3 is 2.35 bits per heavy atom. The molecule has 7 heteroatoms. The van der Waals surface area contributed by atoms with Crippen LogP contribution in [0, 0.1) is 3.57 Å². The number of carbonyl (C=O) groups excluding carboxylic acids is 1. The molecule has 0 radical (unpaired) electrons. The van der Waals surface area contributed by atoms with Crippen molar-refractivity contribution in [3.05, 3.63) is 57.7 Å². The van der Waals surface area contributed by atoms with Crippen LogP contribution >= 0.6 is 22.6 Å². The summed E-state index contributed by atoms with van der Waals surface area (Å²) in [5, 5.41) is 2.81. The van der Waals surface area contributed by atoms with Gasteiger partial charge in [0.2, 0.25) is 10.0 Å². The van der Waals surface area contributed by atoms with Crippen molar-refractivity contribution in [3.8, 4) is 0 Å². The molecule has 0 bridgehead atoms. The molecule has 1 aliphatic rings. The Labute approximate surface area is 168 Å². The van der Waals surface area contributed by atoms with E-state index in [4.69, 9.17) is 0 Å². The number of hydrogen-bond acceptors (Lipinski definition) is 3. The van der Waals surface area contributed by atoms with Gasteiger partial charge >= 0.3 is 0 Å². The number of anilines is 1. The van der Waals surface area contributed by atoms with Crippen molar-refractivity contribution in [3.63, 3.8) is 0 Å². The lowest BCUT2D eigenvalue weighted by Gasteiger charge is -2.32. The van der Waals surface area contributed by atoms with Crippen LogP contribution < -0.4 is 5.32 Å². The zero-order valence-corrected chi connectivity index (χ0v) is 17.5. The maximum atomic E-state index is 12.8. The molecule has 0 saturated carbocycles. The minimum atomic E-state index is -3.52. The second-order valence-electron chi connectivity index (χ2n) is 6.45. The summed E-state index contributed by atoms with van der Waals surface area (Å²) < 4.78 is 28.3. The number of rotatable bonds is 4.